The Kier molecular flexibility index (Phi) is 14.8. The first-order valence-electron chi connectivity index (χ1n) is 20.4. The third kappa shape index (κ3) is 12.6. The molecule has 67 heavy (non-hydrogen) atoms. The number of hydroxylamine groups is 2. The van der Waals surface area contributed by atoms with Gasteiger partial charge in [-0.1, -0.05) is 65.8 Å². The Morgan fingerprint density at radius 3 is 2.10 bits per heavy atom. The molecule has 6 N–H and O–H groups in total. The van der Waals surface area contributed by atoms with Crippen molar-refractivity contribution in [2.75, 3.05) is 25.0 Å². The summed E-state index contributed by atoms with van der Waals surface area (Å²) in [4.78, 5) is 77.2. The third-order valence-electron chi connectivity index (χ3n) is 9.98. The number of benzene rings is 3. The number of thiazole rings is 1. The quantitative estimate of drug-likeness (QED) is 0.0213. The fourth-order valence-corrected chi connectivity index (χ4v) is 7.86. The number of aryl methyl sites for hydroxylation is 1. The Morgan fingerprint density at radius 1 is 0.970 bits per heavy atom. The summed E-state index contributed by atoms with van der Waals surface area (Å²) in [6, 6.07) is 22.2. The number of aromatic nitrogens is 1. The number of esters is 1. The van der Waals surface area contributed by atoms with Crippen LogP contribution in [0.5, 0.6) is 5.75 Å². The van der Waals surface area contributed by atoms with Gasteiger partial charge in [-0.3, -0.25) is 24.9 Å². The zero-order chi connectivity index (χ0) is 48.8. The maximum Gasteiger partial charge on any atom is 0.418 e. The number of nitrogens with one attached hydrogen (secondary N) is 4. The average molecular weight is 965 g/mol. The van der Waals surface area contributed by atoms with Gasteiger partial charge in [0.2, 0.25) is 0 Å². The van der Waals surface area contributed by atoms with Crippen LogP contribution >= 0.6 is 11.3 Å². The van der Waals surface area contributed by atoms with Gasteiger partial charge in [-0.25, -0.2) is 19.4 Å². The summed E-state index contributed by atoms with van der Waals surface area (Å²) in [6.07, 6.45) is -4.57. The molecule has 2 aliphatic rings. The molecule has 0 radical (unpaired) electrons. The van der Waals surface area contributed by atoms with Crippen LogP contribution in [-0.4, -0.2) is 124 Å². The minimum atomic E-state index is -5.12. The average Bonchev–Trinajstić information content (AvgIpc) is 3.60. The van der Waals surface area contributed by atoms with Crippen LogP contribution in [0, 0.1) is 12.3 Å². The lowest BCUT2D eigenvalue weighted by Gasteiger charge is -2.50. The van der Waals surface area contributed by atoms with Gasteiger partial charge in [-0.2, -0.15) is 13.5 Å². The van der Waals surface area contributed by atoms with Crippen LogP contribution in [-0.2, 0) is 43.4 Å². The number of amides is 4. The molecule has 2 saturated heterocycles. The Labute approximate surface area is 388 Å². The fourth-order valence-electron chi connectivity index (χ4n) is 6.61. The van der Waals surface area contributed by atoms with Gasteiger partial charge in [-0.15, -0.1) is 15.6 Å². The zero-order valence-electron chi connectivity index (χ0n) is 36.9. The molecule has 4 amide bonds. The molecule has 0 spiro atoms. The standard InChI is InChI=1S/C43H48N8O14S2/c1-24-31(46-39(66-24)48-40(55)63-42(2,3)4)32(36(52)47-34-37(53)51(43(34,5)6)65-67(58,59)60)49-64-30(38(54)62-33(25-13-9-7-10-14-25)26-15-11-8-12-16-26)23-61-29-19-17-27(18-20-29)35(44)45-28-21-50(22-28)41(56)57/h7-20,28,30,33-34H,21-23H2,1-6H3,(H2,44,45)(H,47,52)(H,56,57)(H,46,48,55)(H,58,59,60). The number of rotatable bonds is 17. The highest BCUT2D eigenvalue weighted by Gasteiger charge is 2.58. The lowest BCUT2D eigenvalue weighted by molar-refractivity contribution is -0.218. The van der Waals surface area contributed by atoms with E-state index in [4.69, 9.17) is 29.6 Å². The van der Waals surface area contributed by atoms with E-state index in [1.807, 2.05) is 0 Å². The highest BCUT2D eigenvalue weighted by atomic mass is 32.3. The van der Waals surface area contributed by atoms with Crippen molar-refractivity contribution in [2.45, 2.75) is 77.0 Å². The first-order chi connectivity index (χ1) is 31.5. The maximum absolute atomic E-state index is 14.3. The molecule has 1 aromatic heterocycles. The molecule has 24 heteroatoms. The molecule has 2 fully saturated rings. The number of amidine groups is 1. The smallest absolute Gasteiger partial charge is 0.418 e. The predicted molar refractivity (Wildman–Crippen MR) is 240 cm³/mol. The monoisotopic (exact) mass is 964 g/mol. The Balaban J connectivity index is 1.31. The van der Waals surface area contributed by atoms with Gasteiger partial charge in [0.05, 0.1) is 11.6 Å². The van der Waals surface area contributed by atoms with Crippen LogP contribution in [0.15, 0.2) is 90.1 Å². The van der Waals surface area contributed by atoms with Gasteiger partial charge in [0.1, 0.15) is 35.5 Å². The van der Waals surface area contributed by atoms with E-state index in [2.05, 4.69) is 30.4 Å². The van der Waals surface area contributed by atoms with Crippen molar-refractivity contribution in [3.05, 3.63) is 112 Å². The first-order valence-corrected chi connectivity index (χ1v) is 22.6. The molecule has 0 saturated carbocycles. The van der Waals surface area contributed by atoms with Crippen LogP contribution in [0.2, 0.25) is 0 Å². The molecule has 3 aromatic carbocycles. The van der Waals surface area contributed by atoms with Gasteiger partial charge in [0.15, 0.2) is 16.9 Å². The van der Waals surface area contributed by atoms with E-state index in [1.54, 1.807) is 100 Å². The normalized spacial score (nSPS) is 16.5. The van der Waals surface area contributed by atoms with Gasteiger partial charge in [-0.05, 0) is 76.9 Å². The number of nitrogens with zero attached hydrogens (tertiary/aromatic N) is 4. The van der Waals surface area contributed by atoms with Crippen molar-refractivity contribution in [2.24, 2.45) is 5.16 Å². The van der Waals surface area contributed by atoms with Crippen molar-refractivity contribution in [1.29, 1.82) is 5.41 Å². The van der Waals surface area contributed by atoms with Gasteiger partial charge in [0.25, 0.3) is 17.9 Å². The summed E-state index contributed by atoms with van der Waals surface area (Å²) in [7, 11) is -5.12. The van der Waals surface area contributed by atoms with Gasteiger partial charge < -0.3 is 39.7 Å². The molecular formula is C43H48N8O14S2. The summed E-state index contributed by atoms with van der Waals surface area (Å²) in [5.74, 6) is -2.87. The van der Waals surface area contributed by atoms with Crippen LogP contribution in [0.25, 0.3) is 0 Å². The topological polar surface area (TPSA) is 298 Å². The van der Waals surface area contributed by atoms with Crippen LogP contribution in [0.4, 0.5) is 14.7 Å². The van der Waals surface area contributed by atoms with Crippen molar-refractivity contribution in [1.82, 2.24) is 25.6 Å². The van der Waals surface area contributed by atoms with Crippen molar-refractivity contribution < 1.29 is 65.4 Å². The minimum absolute atomic E-state index is 0.0236. The highest BCUT2D eigenvalue weighted by Crippen LogP contribution is 2.33. The Bertz CT molecular complexity index is 2590. The summed E-state index contributed by atoms with van der Waals surface area (Å²) >= 11 is 0.933. The SMILES string of the molecule is Cc1sc(NC(=O)OC(C)(C)C)nc1C(=NOC(COc1ccc(C(=N)NC2CN(C(=O)O)C2)cc1)C(=O)OC(c1ccccc1)c1ccccc1)C(=O)NC1C(=O)N(OS(=O)(=O)O)C1(C)C. The van der Waals surface area contributed by atoms with Gasteiger partial charge >= 0.3 is 28.6 Å². The van der Waals surface area contributed by atoms with Crippen LogP contribution < -0.4 is 20.7 Å². The molecule has 6 rings (SSSR count). The summed E-state index contributed by atoms with van der Waals surface area (Å²) in [5.41, 5.74) is -1.49. The molecule has 3 heterocycles. The predicted octanol–water partition coefficient (Wildman–Crippen LogP) is 4.42. The second-order valence-electron chi connectivity index (χ2n) is 16.7. The largest absolute Gasteiger partial charge is 0.489 e. The van der Waals surface area contributed by atoms with E-state index in [1.165, 1.54) is 30.9 Å². The van der Waals surface area contributed by atoms with E-state index in [-0.39, 0.29) is 41.5 Å². The lowest BCUT2D eigenvalue weighted by atomic mass is 9.84. The second kappa shape index (κ2) is 20.2. The lowest BCUT2D eigenvalue weighted by Crippen LogP contribution is -2.76. The van der Waals surface area contributed by atoms with Crippen molar-refractivity contribution >= 4 is 68.4 Å². The highest BCUT2D eigenvalue weighted by molar-refractivity contribution is 7.80. The summed E-state index contributed by atoms with van der Waals surface area (Å²) in [5, 5.41) is 30.0. The Hall–Kier alpha value is -7.15. The minimum Gasteiger partial charge on any atom is -0.489 e. The first kappa shape index (κ1) is 49.3. The Morgan fingerprint density at radius 2 is 1.57 bits per heavy atom. The second-order valence-corrected chi connectivity index (χ2v) is 18.9. The zero-order valence-corrected chi connectivity index (χ0v) is 38.5. The molecule has 0 aliphatic carbocycles. The number of hydrogen-bond donors (Lipinski definition) is 6. The molecule has 2 unspecified atom stereocenters. The van der Waals surface area contributed by atoms with E-state index in [0.717, 1.165) is 11.3 Å². The number of hydrogen-bond acceptors (Lipinski definition) is 16. The number of likely N-dealkylation sites (tertiary alicyclic amines) is 1. The number of carboxylic acid groups (broad SMARTS) is 1. The van der Waals surface area contributed by atoms with Crippen molar-refractivity contribution in [3.63, 3.8) is 0 Å². The van der Waals surface area contributed by atoms with Crippen LogP contribution in [0.3, 0.4) is 0 Å². The summed E-state index contributed by atoms with van der Waals surface area (Å²) in [6.45, 7) is 9.11. The number of carbonyl (C=O) groups is 5. The third-order valence-corrected chi connectivity index (χ3v) is 11.2. The number of carbonyl (C=O) groups excluding carboxylic acids is 4. The molecule has 2 aliphatic heterocycles. The number of ether oxygens (including phenoxy) is 3. The van der Waals surface area contributed by atoms with Crippen LogP contribution in [0.1, 0.15) is 68.0 Å². The molecule has 2 atom stereocenters. The number of oxime groups is 1. The summed E-state index contributed by atoms with van der Waals surface area (Å²) < 4.78 is 54.0. The molecular weight excluding hydrogens is 917 g/mol. The van der Waals surface area contributed by atoms with Gasteiger partial charge in [0, 0.05) is 23.5 Å². The fraction of sp³-hybridized carbons (Fsp3) is 0.349. The molecule has 356 valence electrons. The molecule has 0 bridgehead atoms. The van der Waals surface area contributed by atoms with E-state index in [0.29, 0.717) is 26.6 Å². The van der Waals surface area contributed by atoms with Crippen molar-refractivity contribution in [3.8, 4) is 5.75 Å². The number of anilines is 1. The van der Waals surface area contributed by atoms with E-state index in [9.17, 15) is 36.9 Å². The van der Waals surface area contributed by atoms with E-state index < -0.39 is 82.1 Å². The maximum atomic E-state index is 14.3. The molecule has 4 aromatic rings. The van der Waals surface area contributed by atoms with E-state index >= 15 is 0 Å². The number of β-lactam (4-membered cyclic amide) rings is 1. The molecule has 22 nitrogen and oxygen atoms in total.